The Labute approximate surface area is 362 Å². The SMILES string of the molecule is Cc1cc(O)cc(C)c1C[C@H](N)C(=O)N1Cc2ccccc2C[C@H]1C(=O)N[C@@H](CCCN=C(N)N)c1nc2ccccc2[nH]1.O=C(O)C(F)(F)F.O=C(O)C(F)(F)F.O=C(O)C(F)(F)F. The first-order valence-electron chi connectivity index (χ1n) is 18.6. The first-order valence-corrected chi connectivity index (χ1v) is 18.6. The number of para-hydroxylation sites is 2. The number of carbonyl (C=O) groups is 5. The Kier molecular flexibility index (Phi) is 19.1. The summed E-state index contributed by atoms with van der Waals surface area (Å²) in [6.45, 7) is 4.45. The van der Waals surface area contributed by atoms with Crippen LogP contribution < -0.4 is 22.5 Å². The van der Waals surface area contributed by atoms with E-state index in [4.69, 9.17) is 51.9 Å². The lowest BCUT2D eigenvalue weighted by Crippen LogP contribution is -2.57. The minimum Gasteiger partial charge on any atom is -0.508 e. The van der Waals surface area contributed by atoms with Gasteiger partial charge in [-0.15, -0.1) is 0 Å². The maximum Gasteiger partial charge on any atom is 0.490 e. The molecule has 1 aliphatic rings. The van der Waals surface area contributed by atoms with Crippen LogP contribution in [0.2, 0.25) is 0 Å². The third-order valence-corrected chi connectivity index (χ3v) is 8.98. The van der Waals surface area contributed by atoms with Crippen molar-refractivity contribution in [2.75, 3.05) is 6.54 Å². The molecule has 0 aliphatic carbocycles. The highest BCUT2D eigenvalue weighted by Crippen LogP contribution is 2.28. The molecule has 0 saturated carbocycles. The van der Waals surface area contributed by atoms with Gasteiger partial charge in [0.05, 0.1) is 23.1 Å². The molecule has 0 bridgehead atoms. The summed E-state index contributed by atoms with van der Waals surface area (Å²) in [5.41, 5.74) is 23.8. The van der Waals surface area contributed by atoms with Gasteiger partial charge >= 0.3 is 36.4 Å². The zero-order valence-corrected chi connectivity index (χ0v) is 34.1. The Morgan fingerprint density at radius 3 is 1.78 bits per heavy atom. The number of rotatable bonds is 10. The summed E-state index contributed by atoms with van der Waals surface area (Å²) in [6.07, 6.45) is -13.5. The predicted octanol–water partition coefficient (Wildman–Crippen LogP) is 4.52. The number of hydrogen-bond acceptors (Lipinski definition) is 9. The van der Waals surface area contributed by atoms with E-state index in [1.54, 1.807) is 17.0 Å². The van der Waals surface area contributed by atoms with Gasteiger partial charge in [-0.1, -0.05) is 36.4 Å². The van der Waals surface area contributed by atoms with Crippen LogP contribution in [-0.2, 0) is 43.4 Å². The molecule has 3 atom stereocenters. The molecule has 0 fully saturated rings. The maximum atomic E-state index is 14.1. The molecule has 1 aromatic heterocycles. The monoisotopic (exact) mass is 938 g/mol. The summed E-state index contributed by atoms with van der Waals surface area (Å²) in [6, 6.07) is 16.7. The molecule has 356 valence electrons. The average Bonchev–Trinajstić information content (AvgIpc) is 3.63. The van der Waals surface area contributed by atoms with Crippen molar-refractivity contribution in [1.82, 2.24) is 20.2 Å². The highest BCUT2D eigenvalue weighted by molar-refractivity contribution is 5.91. The predicted molar refractivity (Wildman–Crippen MR) is 212 cm³/mol. The van der Waals surface area contributed by atoms with Crippen molar-refractivity contribution in [3.8, 4) is 5.75 Å². The number of phenols is 1. The number of H-pyrrole nitrogens is 1. The normalized spacial score (nSPS) is 14.3. The van der Waals surface area contributed by atoms with Crippen molar-refractivity contribution >= 4 is 46.7 Å². The largest absolute Gasteiger partial charge is 0.508 e. The minimum absolute atomic E-state index is 0.0124. The first-order chi connectivity index (χ1) is 29.9. The summed E-state index contributed by atoms with van der Waals surface area (Å²) in [5, 5.41) is 34.5. The highest BCUT2D eigenvalue weighted by Gasteiger charge is 2.40. The van der Waals surface area contributed by atoms with Crippen LogP contribution in [0.15, 0.2) is 65.7 Å². The molecule has 0 unspecified atom stereocenters. The highest BCUT2D eigenvalue weighted by atomic mass is 19.4. The number of aromatic hydroxyl groups is 1. The first kappa shape index (κ1) is 54.0. The Morgan fingerprint density at radius 1 is 0.831 bits per heavy atom. The number of carboxylic acid groups (broad SMARTS) is 3. The standard InChI is InChI=1S/C33H40N8O3.3C2HF3O2/c1-19-14-23(42)15-20(2)24(19)17-25(34)32(44)41-18-22-9-4-3-8-21(22)16-29(41)31(43)40-28(12-7-13-37-33(35)36)30-38-26-10-5-6-11-27(26)39-30;3*3-2(4,5)1(6)7/h3-6,8-11,14-15,25,28-29,42H,7,12-13,16-18,34H2,1-2H3,(H,38,39)(H,40,43)(H4,35,36,37);3*(H,6,7)/t25-,28-,29-;;;/m0.../s1. The van der Waals surface area contributed by atoms with Gasteiger partial charge in [0.2, 0.25) is 11.8 Å². The topological polar surface area (TPSA) is 301 Å². The third kappa shape index (κ3) is 17.2. The molecule has 2 heterocycles. The molecule has 12 N–H and O–H groups in total. The zero-order valence-electron chi connectivity index (χ0n) is 34.1. The number of hydrogen-bond donors (Lipinski definition) is 9. The smallest absolute Gasteiger partial charge is 0.490 e. The Morgan fingerprint density at radius 2 is 1.31 bits per heavy atom. The molecule has 2 amide bonds. The van der Waals surface area contributed by atoms with Crippen molar-refractivity contribution < 1.29 is 83.9 Å². The van der Waals surface area contributed by atoms with Crippen molar-refractivity contribution in [3.63, 3.8) is 0 Å². The Balaban J connectivity index is 0.000000571. The van der Waals surface area contributed by atoms with E-state index >= 15 is 0 Å². The van der Waals surface area contributed by atoms with Gasteiger partial charge in [0.1, 0.15) is 17.6 Å². The van der Waals surface area contributed by atoms with Crippen molar-refractivity contribution in [3.05, 3.63) is 94.3 Å². The number of guanidine groups is 1. The fourth-order valence-corrected chi connectivity index (χ4v) is 5.99. The molecule has 0 spiro atoms. The van der Waals surface area contributed by atoms with Crippen molar-refractivity contribution in [2.45, 2.75) is 82.7 Å². The number of aliphatic carboxylic acids is 3. The van der Waals surface area contributed by atoms with Crippen LogP contribution in [0.5, 0.6) is 5.75 Å². The van der Waals surface area contributed by atoms with Gasteiger partial charge in [-0.2, -0.15) is 39.5 Å². The molecule has 17 nitrogen and oxygen atoms in total. The van der Waals surface area contributed by atoms with Gasteiger partial charge in [0.25, 0.3) is 0 Å². The number of carbonyl (C=O) groups excluding carboxylic acids is 2. The number of aryl methyl sites for hydroxylation is 2. The van der Waals surface area contributed by atoms with E-state index in [-0.39, 0.29) is 36.5 Å². The number of benzene rings is 3. The number of amides is 2. The number of nitrogens with zero attached hydrogens (tertiary/aromatic N) is 3. The lowest BCUT2D eigenvalue weighted by molar-refractivity contribution is -0.193. The number of aromatic nitrogens is 2. The van der Waals surface area contributed by atoms with E-state index in [2.05, 4.69) is 15.3 Å². The summed E-state index contributed by atoms with van der Waals surface area (Å²) in [5.74, 6) is -8.06. The number of aliphatic imine (C=N–C) groups is 1. The summed E-state index contributed by atoms with van der Waals surface area (Å²) < 4.78 is 95.2. The minimum atomic E-state index is -5.08. The summed E-state index contributed by atoms with van der Waals surface area (Å²) >= 11 is 0. The van der Waals surface area contributed by atoms with Crippen LogP contribution in [0.25, 0.3) is 11.0 Å². The van der Waals surface area contributed by atoms with Crippen molar-refractivity contribution in [2.24, 2.45) is 22.2 Å². The second-order valence-electron chi connectivity index (χ2n) is 13.9. The van der Waals surface area contributed by atoms with Gasteiger partial charge in [-0.05, 0) is 85.2 Å². The number of alkyl halides is 9. The summed E-state index contributed by atoms with van der Waals surface area (Å²) in [4.78, 5) is 68.5. The maximum absolute atomic E-state index is 14.1. The van der Waals surface area contributed by atoms with E-state index in [0.717, 1.165) is 38.9 Å². The molecule has 4 aromatic rings. The number of fused-ring (bicyclic) bond motifs is 2. The van der Waals surface area contributed by atoms with Gasteiger partial charge < -0.3 is 52.8 Å². The van der Waals surface area contributed by atoms with E-state index < -0.39 is 54.6 Å². The molecular formula is C39H43F9N8O9. The van der Waals surface area contributed by atoms with E-state index in [9.17, 15) is 54.2 Å². The molecular weight excluding hydrogens is 895 g/mol. The number of aromatic amines is 1. The third-order valence-electron chi connectivity index (χ3n) is 8.98. The number of nitrogens with one attached hydrogen (secondary N) is 2. The molecule has 0 radical (unpaired) electrons. The van der Waals surface area contributed by atoms with Crippen LogP contribution in [0, 0.1) is 13.8 Å². The van der Waals surface area contributed by atoms with Gasteiger partial charge in [-0.25, -0.2) is 19.4 Å². The second-order valence-corrected chi connectivity index (χ2v) is 13.9. The number of imidazole rings is 1. The molecule has 3 aromatic carbocycles. The van der Waals surface area contributed by atoms with Crippen LogP contribution in [0.1, 0.15) is 52.5 Å². The molecule has 26 heteroatoms. The lowest BCUT2D eigenvalue weighted by Gasteiger charge is -2.38. The van der Waals surface area contributed by atoms with E-state index in [1.165, 1.54) is 0 Å². The van der Waals surface area contributed by atoms with E-state index in [1.807, 2.05) is 62.4 Å². The fraction of sp³-hybridized carbons (Fsp3) is 0.359. The molecule has 0 saturated heterocycles. The fourth-order valence-electron chi connectivity index (χ4n) is 5.99. The van der Waals surface area contributed by atoms with Crippen molar-refractivity contribution in [1.29, 1.82) is 0 Å². The van der Waals surface area contributed by atoms with Gasteiger partial charge in [-0.3, -0.25) is 14.6 Å². The molecule has 5 rings (SSSR count). The second kappa shape index (κ2) is 23.0. The Hall–Kier alpha value is -7.12. The van der Waals surface area contributed by atoms with Crippen LogP contribution in [0.3, 0.4) is 0 Å². The quantitative estimate of drug-likeness (QED) is 0.0458. The number of nitrogens with two attached hydrogens (primary N) is 3. The van der Waals surface area contributed by atoms with Gasteiger partial charge in [0.15, 0.2) is 5.96 Å². The average molecular weight is 939 g/mol. The van der Waals surface area contributed by atoms with Crippen LogP contribution >= 0.6 is 0 Å². The van der Waals surface area contributed by atoms with Crippen LogP contribution in [0.4, 0.5) is 39.5 Å². The van der Waals surface area contributed by atoms with Gasteiger partial charge in [0, 0.05) is 19.5 Å². The number of phenolic OH excluding ortho intramolecular Hbond substituents is 1. The number of halogens is 9. The van der Waals surface area contributed by atoms with Crippen LogP contribution in [-0.4, -0.2) is 108 Å². The van der Waals surface area contributed by atoms with E-state index in [0.29, 0.717) is 31.6 Å². The lowest BCUT2D eigenvalue weighted by atomic mass is 9.91. The molecule has 1 aliphatic heterocycles. The summed E-state index contributed by atoms with van der Waals surface area (Å²) in [7, 11) is 0. The number of carboxylic acids is 3. The zero-order chi connectivity index (χ0) is 49.6. The Bertz CT molecular complexity index is 2220. The molecule has 65 heavy (non-hydrogen) atoms.